The Labute approximate surface area is 88.2 Å². The van der Waals surface area contributed by atoms with Crippen LogP contribution in [0.3, 0.4) is 0 Å². The number of nitriles is 1. The summed E-state index contributed by atoms with van der Waals surface area (Å²) in [4.78, 5) is 2.13. The summed E-state index contributed by atoms with van der Waals surface area (Å²) < 4.78 is 12.7. The lowest BCUT2D eigenvalue weighted by molar-refractivity contribution is 0.627. The van der Waals surface area contributed by atoms with Crippen LogP contribution in [0.15, 0.2) is 35.9 Å². The predicted octanol–water partition coefficient (Wildman–Crippen LogP) is 2.49. The number of benzene rings is 1. The molecule has 0 amide bonds. The zero-order chi connectivity index (χ0) is 10.7. The standard InChI is InChI=1S/C12H11FN2/c13-11-1-3-12(4-2-11)15-7-5-10(9-14)6-8-15/h1-5H,6-8H2. The van der Waals surface area contributed by atoms with Crippen molar-refractivity contribution in [3.8, 4) is 6.07 Å². The van der Waals surface area contributed by atoms with Crippen molar-refractivity contribution in [3.05, 3.63) is 41.7 Å². The van der Waals surface area contributed by atoms with E-state index in [-0.39, 0.29) is 5.82 Å². The molecule has 1 aliphatic rings. The van der Waals surface area contributed by atoms with Crippen LogP contribution in [0.2, 0.25) is 0 Å². The van der Waals surface area contributed by atoms with Gasteiger partial charge in [0, 0.05) is 24.4 Å². The first-order valence-electron chi connectivity index (χ1n) is 4.89. The van der Waals surface area contributed by atoms with Crippen LogP contribution in [0.1, 0.15) is 6.42 Å². The zero-order valence-corrected chi connectivity index (χ0v) is 8.28. The van der Waals surface area contributed by atoms with E-state index < -0.39 is 0 Å². The molecule has 0 bridgehead atoms. The van der Waals surface area contributed by atoms with Crippen LogP contribution in [0, 0.1) is 17.1 Å². The molecule has 0 fully saturated rings. The highest BCUT2D eigenvalue weighted by Crippen LogP contribution is 2.19. The van der Waals surface area contributed by atoms with Gasteiger partial charge in [-0.1, -0.05) is 6.08 Å². The minimum absolute atomic E-state index is 0.219. The first-order valence-corrected chi connectivity index (χ1v) is 4.89. The van der Waals surface area contributed by atoms with E-state index in [0.717, 1.165) is 30.8 Å². The van der Waals surface area contributed by atoms with Gasteiger partial charge in [0.15, 0.2) is 0 Å². The molecule has 2 nitrogen and oxygen atoms in total. The molecule has 0 unspecified atom stereocenters. The summed E-state index contributed by atoms with van der Waals surface area (Å²) in [5, 5.41) is 8.70. The van der Waals surface area contributed by atoms with Gasteiger partial charge in [-0.15, -0.1) is 0 Å². The molecular formula is C12H11FN2. The van der Waals surface area contributed by atoms with Gasteiger partial charge in [0.25, 0.3) is 0 Å². The fourth-order valence-corrected chi connectivity index (χ4v) is 1.66. The minimum Gasteiger partial charge on any atom is -0.367 e. The molecule has 0 N–H and O–H groups in total. The maximum Gasteiger partial charge on any atom is 0.123 e. The molecule has 0 aliphatic carbocycles. The van der Waals surface area contributed by atoms with E-state index in [4.69, 9.17) is 5.26 Å². The van der Waals surface area contributed by atoms with E-state index in [1.807, 2.05) is 6.08 Å². The highest BCUT2D eigenvalue weighted by Gasteiger charge is 2.11. The molecule has 0 spiro atoms. The van der Waals surface area contributed by atoms with Crippen LogP contribution in [-0.4, -0.2) is 13.1 Å². The molecule has 1 heterocycles. The molecule has 0 atom stereocenters. The monoisotopic (exact) mass is 202 g/mol. The summed E-state index contributed by atoms with van der Waals surface area (Å²) in [5.41, 5.74) is 1.85. The summed E-state index contributed by atoms with van der Waals surface area (Å²) in [6.45, 7) is 1.56. The van der Waals surface area contributed by atoms with E-state index in [2.05, 4.69) is 11.0 Å². The lowest BCUT2D eigenvalue weighted by Gasteiger charge is -2.26. The number of rotatable bonds is 1. The third-order valence-electron chi connectivity index (χ3n) is 2.54. The number of halogens is 1. The largest absolute Gasteiger partial charge is 0.367 e. The van der Waals surface area contributed by atoms with Crippen LogP contribution in [0.25, 0.3) is 0 Å². The van der Waals surface area contributed by atoms with Crippen molar-refractivity contribution < 1.29 is 4.39 Å². The van der Waals surface area contributed by atoms with Gasteiger partial charge < -0.3 is 4.90 Å². The van der Waals surface area contributed by atoms with Crippen LogP contribution in [0.4, 0.5) is 10.1 Å². The first-order chi connectivity index (χ1) is 7.29. The molecule has 0 saturated heterocycles. The maximum absolute atomic E-state index is 12.7. The normalized spacial score (nSPS) is 15.7. The summed E-state index contributed by atoms with van der Waals surface area (Å²) in [5.74, 6) is -0.219. The molecular weight excluding hydrogens is 191 g/mol. The van der Waals surface area contributed by atoms with Crippen molar-refractivity contribution in [1.82, 2.24) is 0 Å². The van der Waals surface area contributed by atoms with Crippen molar-refractivity contribution in [2.75, 3.05) is 18.0 Å². The lowest BCUT2D eigenvalue weighted by atomic mass is 10.1. The molecule has 3 heteroatoms. The maximum atomic E-state index is 12.7. The van der Waals surface area contributed by atoms with Gasteiger partial charge in [-0.05, 0) is 30.7 Å². The molecule has 1 aromatic rings. The Kier molecular flexibility index (Phi) is 2.68. The van der Waals surface area contributed by atoms with Crippen molar-refractivity contribution in [1.29, 1.82) is 5.26 Å². The molecule has 1 aliphatic heterocycles. The SMILES string of the molecule is N#CC1=CCN(c2ccc(F)cc2)CC1. The van der Waals surface area contributed by atoms with Crippen LogP contribution in [-0.2, 0) is 0 Å². The molecule has 76 valence electrons. The topological polar surface area (TPSA) is 27.0 Å². The van der Waals surface area contributed by atoms with Crippen molar-refractivity contribution in [2.24, 2.45) is 0 Å². The average Bonchev–Trinajstić information content (AvgIpc) is 2.30. The van der Waals surface area contributed by atoms with Gasteiger partial charge in [0.05, 0.1) is 6.07 Å². The van der Waals surface area contributed by atoms with Crippen LogP contribution in [0.5, 0.6) is 0 Å². The zero-order valence-electron chi connectivity index (χ0n) is 8.28. The molecule has 0 aromatic heterocycles. The Morgan fingerprint density at radius 2 is 2.00 bits per heavy atom. The first kappa shape index (κ1) is 9.72. The molecule has 0 radical (unpaired) electrons. The van der Waals surface area contributed by atoms with Crippen LogP contribution < -0.4 is 4.90 Å². The number of anilines is 1. The Bertz CT molecular complexity index is 414. The van der Waals surface area contributed by atoms with Crippen LogP contribution >= 0.6 is 0 Å². The Morgan fingerprint density at radius 1 is 1.27 bits per heavy atom. The second-order valence-corrected chi connectivity index (χ2v) is 3.51. The van der Waals surface area contributed by atoms with E-state index in [1.165, 1.54) is 12.1 Å². The van der Waals surface area contributed by atoms with Gasteiger partial charge in [0.2, 0.25) is 0 Å². The predicted molar refractivity (Wildman–Crippen MR) is 56.9 cm³/mol. The molecule has 0 saturated carbocycles. The van der Waals surface area contributed by atoms with E-state index in [1.54, 1.807) is 12.1 Å². The smallest absolute Gasteiger partial charge is 0.123 e. The fraction of sp³-hybridized carbons (Fsp3) is 0.250. The summed E-state index contributed by atoms with van der Waals surface area (Å²) in [6.07, 6.45) is 2.70. The molecule has 1 aromatic carbocycles. The van der Waals surface area contributed by atoms with Gasteiger partial charge >= 0.3 is 0 Å². The third-order valence-corrected chi connectivity index (χ3v) is 2.54. The Hall–Kier alpha value is -1.82. The van der Waals surface area contributed by atoms with Gasteiger partial charge in [-0.2, -0.15) is 5.26 Å². The van der Waals surface area contributed by atoms with E-state index in [0.29, 0.717) is 0 Å². The highest BCUT2D eigenvalue weighted by atomic mass is 19.1. The molecule has 2 rings (SSSR count). The average molecular weight is 202 g/mol. The second-order valence-electron chi connectivity index (χ2n) is 3.51. The van der Waals surface area contributed by atoms with Gasteiger partial charge in [0.1, 0.15) is 5.82 Å². The third kappa shape index (κ3) is 2.16. The Morgan fingerprint density at radius 3 is 2.53 bits per heavy atom. The number of hydrogen-bond acceptors (Lipinski definition) is 2. The highest BCUT2D eigenvalue weighted by molar-refractivity contribution is 5.48. The van der Waals surface area contributed by atoms with E-state index >= 15 is 0 Å². The van der Waals surface area contributed by atoms with Crippen molar-refractivity contribution >= 4 is 5.69 Å². The second kappa shape index (κ2) is 4.14. The Balaban J connectivity index is 2.12. The summed E-state index contributed by atoms with van der Waals surface area (Å²) in [6, 6.07) is 8.60. The molecule has 15 heavy (non-hydrogen) atoms. The van der Waals surface area contributed by atoms with Gasteiger partial charge in [-0.3, -0.25) is 0 Å². The lowest BCUT2D eigenvalue weighted by Crippen LogP contribution is -2.28. The van der Waals surface area contributed by atoms with Gasteiger partial charge in [-0.25, -0.2) is 4.39 Å². The fourth-order valence-electron chi connectivity index (χ4n) is 1.66. The minimum atomic E-state index is -0.219. The number of nitrogens with zero attached hydrogens (tertiary/aromatic N) is 2. The number of hydrogen-bond donors (Lipinski definition) is 0. The van der Waals surface area contributed by atoms with Crippen molar-refractivity contribution in [3.63, 3.8) is 0 Å². The van der Waals surface area contributed by atoms with Crippen molar-refractivity contribution in [2.45, 2.75) is 6.42 Å². The summed E-state index contributed by atoms with van der Waals surface area (Å²) in [7, 11) is 0. The van der Waals surface area contributed by atoms with E-state index in [9.17, 15) is 4.39 Å². The summed E-state index contributed by atoms with van der Waals surface area (Å²) >= 11 is 0. The quantitative estimate of drug-likeness (QED) is 0.699.